The second kappa shape index (κ2) is 20.2. The molecule has 6 aromatic carbocycles. The maximum Gasteiger partial charge on any atom is 0.0201 e. The zero-order valence-electron chi connectivity index (χ0n) is 32.0. The Morgan fingerprint density at radius 3 is 0.909 bits per heavy atom. The fourth-order valence-electron chi connectivity index (χ4n) is 7.63. The minimum atomic E-state index is -0.562. The summed E-state index contributed by atoms with van der Waals surface area (Å²) in [5, 5.41) is 5.62. The normalized spacial score (nSPS) is 16.4. The molecule has 10 radical (unpaired) electrons. The molecule has 6 aromatic rings. The van der Waals surface area contributed by atoms with Crippen LogP contribution in [0.25, 0.3) is 0 Å². The van der Waals surface area contributed by atoms with Crippen molar-refractivity contribution in [2.75, 3.05) is 0 Å². The van der Waals surface area contributed by atoms with Gasteiger partial charge in [0.1, 0.15) is 0 Å². The van der Waals surface area contributed by atoms with E-state index in [-0.39, 0.29) is 17.1 Å². The summed E-state index contributed by atoms with van der Waals surface area (Å²) in [4.78, 5) is 0. The molecule has 0 aromatic heterocycles. The molecule has 2 aliphatic carbocycles. The third-order valence-corrected chi connectivity index (χ3v) is 15.5. The van der Waals surface area contributed by atoms with Crippen LogP contribution in [0.5, 0.6) is 0 Å². The van der Waals surface area contributed by atoms with Crippen LogP contribution >= 0.6 is 15.8 Å². The molecule has 0 spiro atoms. The Labute approximate surface area is 345 Å². The minimum absolute atomic E-state index is 0. The van der Waals surface area contributed by atoms with E-state index in [0.29, 0.717) is 11.8 Å². The van der Waals surface area contributed by atoms with E-state index in [9.17, 15) is 0 Å². The molecular formula is C52H48FeP2. The van der Waals surface area contributed by atoms with Crippen LogP contribution in [0, 0.1) is 75.5 Å². The Hall–Kier alpha value is -3.30. The molecule has 0 amide bonds. The summed E-state index contributed by atoms with van der Waals surface area (Å²) in [6, 6.07) is 61.3. The fraction of sp³-hybridized carbons (Fsp3) is 0.115. The van der Waals surface area contributed by atoms with Crippen molar-refractivity contribution < 1.29 is 17.1 Å². The van der Waals surface area contributed by atoms with E-state index in [1.807, 2.05) is 0 Å². The van der Waals surface area contributed by atoms with Crippen molar-refractivity contribution in [1.82, 2.24) is 0 Å². The molecule has 2 aliphatic rings. The maximum absolute atomic E-state index is 2.34. The Morgan fingerprint density at radius 2 is 0.618 bits per heavy atom. The van der Waals surface area contributed by atoms with Gasteiger partial charge in [-0.3, -0.25) is 0 Å². The molecule has 2 atom stereocenters. The minimum Gasteiger partial charge on any atom is -0.0622 e. The molecule has 274 valence electrons. The molecule has 2 saturated carbocycles. The van der Waals surface area contributed by atoms with Crippen molar-refractivity contribution in [2.24, 2.45) is 0 Å². The van der Waals surface area contributed by atoms with Gasteiger partial charge in [0.25, 0.3) is 0 Å². The van der Waals surface area contributed by atoms with Gasteiger partial charge in [0, 0.05) is 28.4 Å². The molecule has 0 aliphatic heterocycles. The zero-order chi connectivity index (χ0) is 37.3. The number of hydrogen-bond acceptors (Lipinski definition) is 0. The van der Waals surface area contributed by atoms with E-state index in [1.54, 1.807) is 0 Å². The quantitative estimate of drug-likeness (QED) is 0.0958. The van der Waals surface area contributed by atoms with E-state index in [1.165, 1.54) is 66.6 Å². The first-order valence-corrected chi connectivity index (χ1v) is 21.6. The molecule has 3 heteroatoms. The molecule has 0 N–H and O–H groups in total. The zero-order valence-corrected chi connectivity index (χ0v) is 34.9. The average molecular weight is 791 g/mol. The van der Waals surface area contributed by atoms with Crippen molar-refractivity contribution >= 4 is 37.1 Å². The van der Waals surface area contributed by atoms with Crippen molar-refractivity contribution in [3.05, 3.63) is 254 Å². The molecule has 0 heterocycles. The van der Waals surface area contributed by atoms with E-state index in [4.69, 9.17) is 0 Å². The van der Waals surface area contributed by atoms with Gasteiger partial charge < -0.3 is 0 Å². The van der Waals surface area contributed by atoms with Crippen LogP contribution in [0.15, 0.2) is 170 Å². The molecule has 8 rings (SSSR count). The third-order valence-electron chi connectivity index (χ3n) is 10.4. The van der Waals surface area contributed by atoms with Crippen LogP contribution in [0.2, 0.25) is 0 Å². The van der Waals surface area contributed by atoms with Gasteiger partial charge in [0.05, 0.1) is 0 Å². The molecule has 0 saturated heterocycles. The number of hydrogen-bond donors (Lipinski definition) is 0. The summed E-state index contributed by atoms with van der Waals surface area (Å²) in [6.45, 7) is 9.10. The Morgan fingerprint density at radius 1 is 0.345 bits per heavy atom. The molecule has 55 heavy (non-hydrogen) atoms. The van der Waals surface area contributed by atoms with Crippen LogP contribution in [0.4, 0.5) is 0 Å². The van der Waals surface area contributed by atoms with Gasteiger partial charge in [-0.15, -0.1) is 0 Å². The number of rotatable bonds is 10. The summed E-state index contributed by atoms with van der Waals surface area (Å²) >= 11 is 0. The van der Waals surface area contributed by atoms with Gasteiger partial charge in [-0.05, 0) is 135 Å². The standard InChI is InChI=1S/2C26H24P.Fe/c2*1-20-12-9-10-17-24(20)21(2)25-18-11-19-26(25)27(22-13-5-3-6-14-22)23-15-7-4-8-16-23;/h2*3-19,21H,1-2H3;/t2*21-;/m11./s1. The van der Waals surface area contributed by atoms with Gasteiger partial charge in [0.15, 0.2) is 0 Å². The number of aryl methyl sites for hydroxylation is 2. The van der Waals surface area contributed by atoms with Crippen LogP contribution in [-0.4, -0.2) is 0 Å². The fourth-order valence-corrected chi connectivity index (χ4v) is 12.7. The molecule has 0 nitrogen and oxygen atoms in total. The smallest absolute Gasteiger partial charge is 0.0201 e. The summed E-state index contributed by atoms with van der Waals surface area (Å²) in [6.07, 6.45) is 13.7. The van der Waals surface area contributed by atoms with Crippen molar-refractivity contribution in [1.29, 1.82) is 0 Å². The SMILES string of the molecule is Cc1ccccc1[C@@H](C)[C]1[CH][CH][CH][C]1P(c1ccccc1)c1ccccc1.Cc1ccccc1[C@@H](C)[C]1[CH][CH][CH][C]1P(c1ccccc1)c1ccccc1.[Fe]. The summed E-state index contributed by atoms with van der Waals surface area (Å²) in [5.41, 5.74) is 8.50. The first-order chi connectivity index (χ1) is 26.5. The van der Waals surface area contributed by atoms with E-state index >= 15 is 0 Å². The van der Waals surface area contributed by atoms with Crippen LogP contribution in [0.1, 0.15) is 47.9 Å². The van der Waals surface area contributed by atoms with E-state index in [0.717, 1.165) is 0 Å². The number of benzene rings is 6. The third kappa shape index (κ3) is 9.81. The van der Waals surface area contributed by atoms with Crippen molar-refractivity contribution in [3.63, 3.8) is 0 Å². The van der Waals surface area contributed by atoms with Gasteiger partial charge >= 0.3 is 0 Å². The summed E-state index contributed by atoms with van der Waals surface area (Å²) in [5.74, 6) is 3.66. The van der Waals surface area contributed by atoms with Gasteiger partial charge in [0.2, 0.25) is 0 Å². The van der Waals surface area contributed by atoms with Gasteiger partial charge in [-0.25, -0.2) is 0 Å². The Bertz CT molecular complexity index is 1790. The van der Waals surface area contributed by atoms with Crippen LogP contribution in [-0.2, 0) is 17.1 Å². The van der Waals surface area contributed by atoms with E-state index < -0.39 is 15.8 Å². The summed E-state index contributed by atoms with van der Waals surface area (Å²) in [7, 11) is -1.12. The summed E-state index contributed by atoms with van der Waals surface area (Å²) < 4.78 is 0. The van der Waals surface area contributed by atoms with Gasteiger partial charge in [-0.1, -0.05) is 184 Å². The molecule has 2 fully saturated rings. The van der Waals surface area contributed by atoms with Crippen LogP contribution < -0.4 is 21.2 Å². The first kappa shape index (κ1) is 41.3. The molecule has 0 bridgehead atoms. The second-order valence-electron chi connectivity index (χ2n) is 13.9. The topological polar surface area (TPSA) is 0 Å². The molecular weight excluding hydrogens is 742 g/mol. The first-order valence-electron chi connectivity index (χ1n) is 18.9. The van der Waals surface area contributed by atoms with Crippen molar-refractivity contribution in [3.8, 4) is 0 Å². The Kier molecular flexibility index (Phi) is 15.2. The Balaban J connectivity index is 0.000000184. The predicted molar refractivity (Wildman–Crippen MR) is 236 cm³/mol. The van der Waals surface area contributed by atoms with Crippen LogP contribution in [0.3, 0.4) is 0 Å². The second-order valence-corrected chi connectivity index (χ2v) is 18.3. The largest absolute Gasteiger partial charge is 0.0622 e. The van der Waals surface area contributed by atoms with E-state index in [2.05, 4.69) is 236 Å². The monoisotopic (exact) mass is 790 g/mol. The van der Waals surface area contributed by atoms with Gasteiger partial charge in [-0.2, -0.15) is 0 Å². The maximum atomic E-state index is 2.34. The predicted octanol–water partition coefficient (Wildman–Crippen LogP) is 11.9. The average Bonchev–Trinajstić information content (AvgIpc) is 3.91. The van der Waals surface area contributed by atoms with Crippen molar-refractivity contribution in [2.45, 2.75) is 39.5 Å². The molecule has 0 unspecified atom stereocenters.